The molecule has 4 atom stereocenters. The number of benzene rings is 2. The molecule has 6 heteroatoms. The van der Waals surface area contributed by atoms with Crippen LogP contribution in [-0.4, -0.2) is 38.2 Å². The fraction of sp³-hybridized carbons (Fsp3) is 0.400. The van der Waals surface area contributed by atoms with Gasteiger partial charge in [-0.1, -0.05) is 48.6 Å². The monoisotopic (exact) mass is 492 g/mol. The molecule has 0 amide bonds. The molecule has 2 aliphatic rings. The van der Waals surface area contributed by atoms with E-state index in [0.717, 1.165) is 31.2 Å². The van der Waals surface area contributed by atoms with Crippen molar-refractivity contribution in [1.82, 2.24) is 0 Å². The highest BCUT2D eigenvalue weighted by molar-refractivity contribution is 5.91. The van der Waals surface area contributed by atoms with Crippen LogP contribution in [0.15, 0.2) is 78.9 Å². The van der Waals surface area contributed by atoms with Crippen molar-refractivity contribution in [2.75, 3.05) is 20.3 Å². The van der Waals surface area contributed by atoms with Gasteiger partial charge in [-0.15, -0.1) is 0 Å². The molecule has 1 aliphatic carbocycles. The smallest absolute Gasteiger partial charge is 0.305 e. The van der Waals surface area contributed by atoms with Crippen LogP contribution in [0.1, 0.15) is 37.7 Å². The number of para-hydroxylation sites is 1. The van der Waals surface area contributed by atoms with E-state index < -0.39 is 0 Å². The van der Waals surface area contributed by atoms with E-state index in [4.69, 9.17) is 14.2 Å². The lowest BCUT2D eigenvalue weighted by atomic mass is 9.69. The molecule has 0 spiro atoms. The summed E-state index contributed by atoms with van der Waals surface area (Å²) < 4.78 is 30.1. The number of fused-ring (bicyclic) bond motifs is 2. The average molecular weight is 493 g/mol. The molecule has 4 rings (SSSR count). The molecule has 36 heavy (non-hydrogen) atoms. The van der Waals surface area contributed by atoms with Crippen molar-refractivity contribution in [2.45, 2.75) is 43.6 Å². The van der Waals surface area contributed by atoms with Gasteiger partial charge in [0.2, 0.25) is 0 Å². The molecular formula is C30H33FO5. The largest absolute Gasteiger partial charge is 0.485 e. The molecule has 0 N–H and O–H groups in total. The van der Waals surface area contributed by atoms with Gasteiger partial charge >= 0.3 is 5.97 Å². The third-order valence-corrected chi connectivity index (χ3v) is 7.31. The number of carbonyl (C=O) groups is 2. The lowest BCUT2D eigenvalue weighted by molar-refractivity contribution is -0.140. The molecule has 190 valence electrons. The van der Waals surface area contributed by atoms with Crippen molar-refractivity contribution in [3.05, 3.63) is 90.3 Å². The van der Waals surface area contributed by atoms with Gasteiger partial charge in [-0.2, -0.15) is 0 Å². The fourth-order valence-electron chi connectivity index (χ4n) is 5.47. The van der Waals surface area contributed by atoms with Crippen LogP contribution in [0.3, 0.4) is 0 Å². The number of hydrogen-bond acceptors (Lipinski definition) is 5. The van der Waals surface area contributed by atoms with E-state index in [-0.39, 0.29) is 47.5 Å². The van der Waals surface area contributed by atoms with E-state index in [1.54, 1.807) is 6.08 Å². The number of methoxy groups -OCH3 is 1. The van der Waals surface area contributed by atoms with Crippen LogP contribution in [0.5, 0.6) is 5.75 Å². The molecule has 1 aliphatic heterocycles. The molecule has 2 aromatic rings. The van der Waals surface area contributed by atoms with Gasteiger partial charge in [0.05, 0.1) is 19.8 Å². The molecule has 2 fully saturated rings. The maximum atomic E-state index is 13.7. The Labute approximate surface area is 211 Å². The number of allylic oxidation sites excluding steroid dienone is 2. The van der Waals surface area contributed by atoms with E-state index in [1.807, 2.05) is 48.5 Å². The van der Waals surface area contributed by atoms with Crippen molar-refractivity contribution in [3.63, 3.8) is 0 Å². The number of ether oxygens (including phenoxy) is 3. The van der Waals surface area contributed by atoms with Gasteiger partial charge in [-0.25, -0.2) is 4.39 Å². The Hall–Kier alpha value is -3.25. The second-order valence-electron chi connectivity index (χ2n) is 9.50. The average Bonchev–Trinajstić information content (AvgIpc) is 3.47. The van der Waals surface area contributed by atoms with Crippen LogP contribution in [0.25, 0.3) is 0 Å². The van der Waals surface area contributed by atoms with Crippen molar-refractivity contribution < 1.29 is 28.2 Å². The second kappa shape index (κ2) is 12.1. The summed E-state index contributed by atoms with van der Waals surface area (Å²) in [6.45, 7) is 0.562. The first kappa shape index (κ1) is 25.8. The highest BCUT2D eigenvalue weighted by Crippen LogP contribution is 2.57. The summed E-state index contributed by atoms with van der Waals surface area (Å²) in [6.07, 6.45) is 11.4. The lowest BCUT2D eigenvalue weighted by Crippen LogP contribution is -2.39. The highest BCUT2D eigenvalue weighted by Gasteiger charge is 2.58. The Balaban J connectivity index is 1.45. The SMILES string of the molecule is COC(=O)CCC/C=C\C[C@@H]1[C@@H](/C=C/C(=O)COc2ccccc2)[C@H]2C[C@]1(c1ccc(F)cc1)CO2. The van der Waals surface area contributed by atoms with Crippen LogP contribution in [0, 0.1) is 17.7 Å². The van der Waals surface area contributed by atoms with Crippen molar-refractivity contribution >= 4 is 11.8 Å². The van der Waals surface area contributed by atoms with E-state index in [2.05, 4.69) is 12.2 Å². The minimum Gasteiger partial charge on any atom is -0.485 e. The Bertz CT molecular complexity index is 1080. The predicted molar refractivity (Wildman–Crippen MR) is 135 cm³/mol. The Kier molecular flexibility index (Phi) is 8.70. The van der Waals surface area contributed by atoms with Crippen LogP contribution in [-0.2, 0) is 24.5 Å². The van der Waals surface area contributed by atoms with Crippen LogP contribution >= 0.6 is 0 Å². The first-order chi connectivity index (χ1) is 17.5. The normalized spacial score (nSPS) is 25.0. The first-order valence-electron chi connectivity index (χ1n) is 12.5. The second-order valence-corrected chi connectivity index (χ2v) is 9.50. The van der Waals surface area contributed by atoms with E-state index >= 15 is 0 Å². The minimum absolute atomic E-state index is 0.00636. The molecule has 2 aromatic carbocycles. The van der Waals surface area contributed by atoms with Crippen molar-refractivity contribution in [2.24, 2.45) is 11.8 Å². The molecule has 0 unspecified atom stereocenters. The Morgan fingerprint density at radius 3 is 2.64 bits per heavy atom. The summed E-state index contributed by atoms with van der Waals surface area (Å²) in [4.78, 5) is 23.9. The van der Waals surface area contributed by atoms with Gasteiger partial charge in [0.25, 0.3) is 0 Å². The van der Waals surface area contributed by atoms with Gasteiger partial charge in [-0.05, 0) is 67.5 Å². The quantitative estimate of drug-likeness (QED) is 0.167. The molecule has 1 saturated heterocycles. The van der Waals surface area contributed by atoms with E-state index in [0.29, 0.717) is 18.8 Å². The summed E-state index contributed by atoms with van der Waals surface area (Å²) in [5, 5.41) is 0. The summed E-state index contributed by atoms with van der Waals surface area (Å²) in [6, 6.07) is 16.0. The van der Waals surface area contributed by atoms with Crippen molar-refractivity contribution in [3.8, 4) is 5.75 Å². The molecule has 1 heterocycles. The minimum atomic E-state index is -0.258. The molecule has 2 bridgehead atoms. The number of ketones is 1. The van der Waals surface area contributed by atoms with Gasteiger partial charge < -0.3 is 14.2 Å². The van der Waals surface area contributed by atoms with Crippen LogP contribution in [0.4, 0.5) is 4.39 Å². The topological polar surface area (TPSA) is 61.8 Å². The number of unbranched alkanes of at least 4 members (excludes halogenated alkanes) is 1. The van der Waals surface area contributed by atoms with Gasteiger partial charge in [-0.3, -0.25) is 9.59 Å². The fourth-order valence-corrected chi connectivity index (χ4v) is 5.47. The number of carbonyl (C=O) groups excluding carboxylic acids is 2. The first-order valence-corrected chi connectivity index (χ1v) is 12.5. The van der Waals surface area contributed by atoms with E-state index in [9.17, 15) is 14.0 Å². The Morgan fingerprint density at radius 1 is 1.11 bits per heavy atom. The molecule has 5 nitrogen and oxygen atoms in total. The number of halogens is 1. The van der Waals surface area contributed by atoms with Crippen molar-refractivity contribution in [1.29, 1.82) is 0 Å². The third kappa shape index (κ3) is 6.11. The summed E-state index contributed by atoms with van der Waals surface area (Å²) in [7, 11) is 1.40. The van der Waals surface area contributed by atoms with Gasteiger partial charge in [0.15, 0.2) is 12.4 Å². The third-order valence-electron chi connectivity index (χ3n) is 7.31. The Morgan fingerprint density at radius 2 is 1.89 bits per heavy atom. The molecule has 1 saturated carbocycles. The molecule has 0 aromatic heterocycles. The van der Waals surface area contributed by atoms with Gasteiger partial charge in [0, 0.05) is 17.8 Å². The maximum absolute atomic E-state index is 13.7. The number of hydrogen-bond donors (Lipinski definition) is 0. The molecular weight excluding hydrogens is 459 g/mol. The molecule has 0 radical (unpaired) electrons. The zero-order chi connectivity index (χ0) is 25.4. The van der Waals surface area contributed by atoms with Crippen LogP contribution < -0.4 is 4.74 Å². The summed E-state index contributed by atoms with van der Waals surface area (Å²) >= 11 is 0. The number of esters is 1. The maximum Gasteiger partial charge on any atom is 0.305 e. The standard InChI is InChI=1S/C30H33FO5/c1-34-29(33)12-8-3-2-7-11-27-26(18-17-24(32)20-35-25-9-5-4-6-10-25)28-19-30(27,21-36-28)22-13-15-23(31)16-14-22/h2,4-7,9-10,13-18,26-28H,3,8,11-12,19-21H2,1H3/b7-2-,18-17+/t26-,27-,28-,30-/m1/s1. The zero-order valence-corrected chi connectivity index (χ0v) is 20.6. The highest BCUT2D eigenvalue weighted by atomic mass is 19.1. The predicted octanol–water partition coefficient (Wildman–Crippen LogP) is 5.59. The van der Waals surface area contributed by atoms with Crippen LogP contribution in [0.2, 0.25) is 0 Å². The van der Waals surface area contributed by atoms with E-state index in [1.165, 1.54) is 19.2 Å². The zero-order valence-electron chi connectivity index (χ0n) is 20.6. The van der Waals surface area contributed by atoms with Gasteiger partial charge in [0.1, 0.15) is 11.6 Å². The summed E-state index contributed by atoms with van der Waals surface area (Å²) in [5.41, 5.74) is 0.845. The summed E-state index contributed by atoms with van der Waals surface area (Å²) in [5.74, 6) is 0.366. The number of rotatable bonds is 12. The lowest BCUT2D eigenvalue weighted by Gasteiger charge is -2.38.